The van der Waals surface area contributed by atoms with Crippen LogP contribution in [0.1, 0.15) is 9.67 Å². The molecule has 0 bridgehead atoms. The summed E-state index contributed by atoms with van der Waals surface area (Å²) in [5.74, 6) is 0.363. The predicted molar refractivity (Wildman–Crippen MR) is 87.3 cm³/mol. The maximum Gasteiger partial charge on any atom is 0.267 e. The fourth-order valence-corrected chi connectivity index (χ4v) is 3.83. The highest BCUT2D eigenvalue weighted by Gasteiger charge is 2.20. The van der Waals surface area contributed by atoms with Gasteiger partial charge in [0.2, 0.25) is 6.79 Å². The van der Waals surface area contributed by atoms with Gasteiger partial charge in [0, 0.05) is 21.8 Å². The van der Waals surface area contributed by atoms with Gasteiger partial charge in [-0.25, -0.2) is 4.39 Å². The molecule has 0 radical (unpaired) electrons. The molecule has 1 amide bonds. The zero-order valence-corrected chi connectivity index (χ0v) is 13.1. The van der Waals surface area contributed by atoms with Crippen LogP contribution in [-0.2, 0) is 0 Å². The molecule has 2 heterocycles. The van der Waals surface area contributed by atoms with Crippen LogP contribution in [-0.4, -0.2) is 12.7 Å². The van der Waals surface area contributed by atoms with Crippen molar-refractivity contribution in [2.24, 2.45) is 0 Å². The summed E-state index contributed by atoms with van der Waals surface area (Å²) in [4.78, 5) is 12.7. The number of benzene rings is 2. The number of hydrogen-bond donors (Lipinski definition) is 1. The second kappa shape index (κ2) is 5.40. The molecule has 0 atom stereocenters. The van der Waals surface area contributed by atoms with Gasteiger partial charge in [0.05, 0.1) is 5.02 Å². The maximum absolute atomic E-state index is 13.9. The number of halogens is 2. The maximum atomic E-state index is 13.9. The smallest absolute Gasteiger partial charge is 0.267 e. The minimum absolute atomic E-state index is 0.126. The molecule has 3 aromatic rings. The third kappa shape index (κ3) is 2.40. The van der Waals surface area contributed by atoms with Gasteiger partial charge in [-0.15, -0.1) is 11.3 Å². The lowest BCUT2D eigenvalue weighted by Crippen LogP contribution is -2.10. The number of fused-ring (bicyclic) bond motifs is 2. The van der Waals surface area contributed by atoms with E-state index in [1.807, 2.05) is 0 Å². The summed E-state index contributed by atoms with van der Waals surface area (Å²) in [6.45, 7) is 0.161. The lowest BCUT2D eigenvalue weighted by atomic mass is 10.2. The van der Waals surface area contributed by atoms with Crippen LogP contribution in [0.5, 0.6) is 11.5 Å². The second-order valence-electron chi connectivity index (χ2n) is 4.88. The van der Waals surface area contributed by atoms with E-state index in [9.17, 15) is 9.18 Å². The largest absolute Gasteiger partial charge is 0.454 e. The lowest BCUT2D eigenvalue weighted by molar-refractivity contribution is 0.103. The van der Waals surface area contributed by atoms with E-state index in [4.69, 9.17) is 21.1 Å². The Labute approximate surface area is 139 Å². The number of nitrogens with one attached hydrogen (secondary N) is 1. The third-order valence-corrected chi connectivity index (χ3v) is 5.09. The summed E-state index contributed by atoms with van der Waals surface area (Å²) in [7, 11) is 0. The normalized spacial score (nSPS) is 12.6. The molecule has 0 saturated heterocycles. The zero-order valence-electron chi connectivity index (χ0n) is 11.6. The van der Waals surface area contributed by atoms with E-state index in [2.05, 4.69) is 5.32 Å². The second-order valence-corrected chi connectivity index (χ2v) is 6.31. The highest BCUT2D eigenvalue weighted by Crippen LogP contribution is 2.38. The molecule has 23 heavy (non-hydrogen) atoms. The Hall–Kier alpha value is -2.31. The molecule has 4 nitrogen and oxygen atoms in total. The van der Waals surface area contributed by atoms with Crippen molar-refractivity contribution < 1.29 is 18.7 Å². The molecular formula is C16H9ClFNO3S. The van der Waals surface area contributed by atoms with Gasteiger partial charge in [0.15, 0.2) is 11.5 Å². The van der Waals surface area contributed by atoms with E-state index < -0.39 is 11.7 Å². The number of hydrogen-bond acceptors (Lipinski definition) is 4. The van der Waals surface area contributed by atoms with Crippen molar-refractivity contribution in [3.05, 3.63) is 52.1 Å². The number of amides is 1. The molecular weight excluding hydrogens is 341 g/mol. The van der Waals surface area contributed by atoms with E-state index >= 15 is 0 Å². The van der Waals surface area contributed by atoms with Crippen LogP contribution >= 0.6 is 22.9 Å². The molecule has 2 aromatic carbocycles. The first-order chi connectivity index (χ1) is 11.1. The van der Waals surface area contributed by atoms with Crippen LogP contribution in [0.4, 0.5) is 10.1 Å². The fraction of sp³-hybridized carbons (Fsp3) is 0.0625. The van der Waals surface area contributed by atoms with Gasteiger partial charge in [-0.05, 0) is 24.3 Å². The summed E-state index contributed by atoms with van der Waals surface area (Å²) in [5, 5.41) is 3.14. The molecule has 4 rings (SSSR count). The van der Waals surface area contributed by atoms with Gasteiger partial charge in [0.25, 0.3) is 5.91 Å². The fourth-order valence-electron chi connectivity index (χ4n) is 2.38. The summed E-state index contributed by atoms with van der Waals surface area (Å²) < 4.78 is 25.0. The van der Waals surface area contributed by atoms with Crippen molar-refractivity contribution in [3.63, 3.8) is 0 Å². The molecule has 1 N–H and O–H groups in total. The Morgan fingerprint density at radius 3 is 2.87 bits per heavy atom. The number of ether oxygens (including phenoxy) is 2. The molecule has 116 valence electrons. The number of anilines is 1. The van der Waals surface area contributed by atoms with E-state index in [1.165, 1.54) is 6.07 Å². The first-order valence-electron chi connectivity index (χ1n) is 6.71. The predicted octanol–water partition coefficient (Wildman–Crippen LogP) is 4.67. The van der Waals surface area contributed by atoms with Crippen LogP contribution < -0.4 is 14.8 Å². The highest BCUT2D eigenvalue weighted by atomic mass is 35.5. The minimum atomic E-state index is -0.439. The number of thiophene rings is 1. The molecule has 1 aliphatic rings. The SMILES string of the molecule is O=C(Nc1ccc2c(c1)OCO2)c1sc2cccc(F)c2c1Cl. The number of carbonyl (C=O) groups is 1. The lowest BCUT2D eigenvalue weighted by Gasteiger charge is -2.05. The van der Waals surface area contributed by atoms with E-state index in [1.54, 1.807) is 30.3 Å². The van der Waals surface area contributed by atoms with E-state index in [0.29, 0.717) is 21.9 Å². The molecule has 0 fully saturated rings. The Bertz CT molecular complexity index is 940. The zero-order chi connectivity index (χ0) is 16.0. The van der Waals surface area contributed by atoms with Crippen molar-refractivity contribution in [3.8, 4) is 11.5 Å². The number of rotatable bonds is 2. The summed E-state index contributed by atoms with van der Waals surface area (Å²) >= 11 is 7.33. The quantitative estimate of drug-likeness (QED) is 0.731. The van der Waals surface area contributed by atoms with Crippen molar-refractivity contribution in [1.82, 2.24) is 0 Å². The number of carbonyl (C=O) groups excluding carboxylic acids is 1. The summed E-state index contributed by atoms with van der Waals surface area (Å²) in [6, 6.07) is 9.72. The van der Waals surface area contributed by atoms with Crippen LogP contribution in [0.15, 0.2) is 36.4 Å². The Balaban J connectivity index is 1.67. The van der Waals surface area contributed by atoms with Crippen molar-refractivity contribution in [1.29, 1.82) is 0 Å². The van der Waals surface area contributed by atoms with Crippen molar-refractivity contribution in [2.45, 2.75) is 0 Å². The Morgan fingerprint density at radius 2 is 2.04 bits per heavy atom. The minimum Gasteiger partial charge on any atom is -0.454 e. The molecule has 0 aliphatic carbocycles. The van der Waals surface area contributed by atoms with Gasteiger partial charge in [-0.3, -0.25) is 4.79 Å². The third-order valence-electron chi connectivity index (χ3n) is 3.44. The van der Waals surface area contributed by atoms with Gasteiger partial charge in [-0.2, -0.15) is 0 Å². The average molecular weight is 350 g/mol. The van der Waals surface area contributed by atoms with Gasteiger partial charge < -0.3 is 14.8 Å². The molecule has 1 aromatic heterocycles. The van der Waals surface area contributed by atoms with Crippen LogP contribution in [0, 0.1) is 5.82 Å². The molecule has 0 unspecified atom stereocenters. The topological polar surface area (TPSA) is 47.6 Å². The van der Waals surface area contributed by atoms with Gasteiger partial charge >= 0.3 is 0 Å². The first kappa shape index (κ1) is 14.3. The van der Waals surface area contributed by atoms with Crippen LogP contribution in [0.3, 0.4) is 0 Å². The van der Waals surface area contributed by atoms with E-state index in [0.717, 1.165) is 11.3 Å². The summed E-state index contributed by atoms with van der Waals surface area (Å²) in [5.41, 5.74) is 0.549. The summed E-state index contributed by atoms with van der Waals surface area (Å²) in [6.07, 6.45) is 0. The Kier molecular flexibility index (Phi) is 3.36. The highest BCUT2D eigenvalue weighted by molar-refractivity contribution is 7.21. The monoisotopic (exact) mass is 349 g/mol. The molecule has 0 spiro atoms. The molecule has 0 saturated carbocycles. The molecule has 1 aliphatic heterocycles. The van der Waals surface area contributed by atoms with E-state index in [-0.39, 0.29) is 22.1 Å². The Morgan fingerprint density at radius 1 is 1.22 bits per heavy atom. The average Bonchev–Trinajstić information content (AvgIpc) is 3.12. The molecule has 7 heteroatoms. The van der Waals surface area contributed by atoms with Gasteiger partial charge in [0.1, 0.15) is 10.7 Å². The van der Waals surface area contributed by atoms with Gasteiger partial charge in [-0.1, -0.05) is 17.7 Å². The van der Waals surface area contributed by atoms with Crippen LogP contribution in [0.2, 0.25) is 5.02 Å². The van der Waals surface area contributed by atoms with Crippen LogP contribution in [0.25, 0.3) is 10.1 Å². The van der Waals surface area contributed by atoms with Crippen molar-refractivity contribution in [2.75, 3.05) is 12.1 Å². The van der Waals surface area contributed by atoms with Crippen molar-refractivity contribution >= 4 is 44.6 Å². The first-order valence-corrected chi connectivity index (χ1v) is 7.90. The standard InChI is InChI=1S/C16H9ClFNO3S/c17-14-13-9(18)2-1-3-12(13)23-15(14)16(20)19-8-4-5-10-11(6-8)22-7-21-10/h1-6H,7H2,(H,19,20).